The van der Waals surface area contributed by atoms with Gasteiger partial charge in [-0.15, -0.1) is 0 Å². The Morgan fingerprint density at radius 1 is 1.16 bits per heavy atom. The van der Waals surface area contributed by atoms with Gasteiger partial charge >= 0.3 is 6.18 Å². The van der Waals surface area contributed by atoms with Crippen LogP contribution >= 0.6 is 11.6 Å². The van der Waals surface area contributed by atoms with E-state index in [1.54, 1.807) is 6.92 Å². The monoisotopic (exact) mass is 489 g/mol. The number of nitrogens with zero attached hydrogens (tertiary/aromatic N) is 2. The van der Waals surface area contributed by atoms with E-state index < -0.39 is 37.6 Å². The molecular weight excluding hydrogens is 467 g/mol. The summed E-state index contributed by atoms with van der Waals surface area (Å²) in [6.45, 7) is 5.57. The van der Waals surface area contributed by atoms with Crippen molar-refractivity contribution < 1.29 is 26.4 Å². The molecule has 0 unspecified atom stereocenters. The van der Waals surface area contributed by atoms with Crippen molar-refractivity contribution in [3.05, 3.63) is 51.8 Å². The lowest BCUT2D eigenvalue weighted by Crippen LogP contribution is -2.41. The van der Waals surface area contributed by atoms with Crippen LogP contribution in [0.3, 0.4) is 0 Å². The Morgan fingerprint density at radius 3 is 2.34 bits per heavy atom. The number of pyridine rings is 1. The summed E-state index contributed by atoms with van der Waals surface area (Å²) in [4.78, 5) is 16.6. The average molecular weight is 490 g/mol. The Morgan fingerprint density at radius 2 is 1.78 bits per heavy atom. The molecule has 0 radical (unpaired) electrons. The second kappa shape index (κ2) is 8.99. The lowest BCUT2D eigenvalue weighted by atomic mass is 9.97. The first-order valence-corrected chi connectivity index (χ1v) is 11.7. The second-order valence-corrected chi connectivity index (χ2v) is 10.2. The van der Waals surface area contributed by atoms with E-state index in [0.29, 0.717) is 17.4 Å². The minimum absolute atomic E-state index is 0.0223. The molecule has 1 fully saturated rings. The Bertz CT molecular complexity index is 1120. The summed E-state index contributed by atoms with van der Waals surface area (Å²) in [5.74, 6) is -0.651. The molecule has 1 aromatic carbocycles. The average Bonchev–Trinajstić information content (AvgIpc) is 2.70. The molecular formula is C21H23ClF3N3O3S. The molecule has 1 aliphatic heterocycles. The van der Waals surface area contributed by atoms with E-state index in [-0.39, 0.29) is 31.8 Å². The standard InChI is InChI=1S/C21H23ClF3N3O3S/c1-12-10-13(2)26-14(3)19(12)27-20(29)15-6-8-28(9-7-15)32(30,31)16-4-5-18(22)17(11-16)21(23,24)25/h4-5,10-11,15H,6-9H2,1-3H3,(H,27,29). The first-order valence-electron chi connectivity index (χ1n) is 9.93. The normalized spacial score (nSPS) is 16.2. The van der Waals surface area contributed by atoms with Gasteiger partial charge in [0.25, 0.3) is 0 Å². The lowest BCUT2D eigenvalue weighted by Gasteiger charge is -2.31. The third-order valence-corrected chi connectivity index (χ3v) is 7.70. The molecule has 174 valence electrons. The van der Waals surface area contributed by atoms with Gasteiger partial charge in [-0.3, -0.25) is 9.78 Å². The first kappa shape index (κ1) is 24.5. The van der Waals surface area contributed by atoms with Crippen LogP contribution in [0.5, 0.6) is 0 Å². The topological polar surface area (TPSA) is 79.4 Å². The van der Waals surface area contributed by atoms with Gasteiger partial charge in [0, 0.05) is 24.7 Å². The molecule has 0 aliphatic carbocycles. The van der Waals surface area contributed by atoms with E-state index in [0.717, 1.165) is 27.7 Å². The number of benzene rings is 1. The molecule has 3 rings (SSSR count). The maximum absolute atomic E-state index is 13.1. The highest BCUT2D eigenvalue weighted by molar-refractivity contribution is 7.89. The fourth-order valence-corrected chi connectivity index (χ4v) is 5.55. The van der Waals surface area contributed by atoms with Crippen LogP contribution in [0.2, 0.25) is 5.02 Å². The number of aromatic nitrogens is 1. The number of alkyl halides is 3. The number of anilines is 1. The number of carbonyl (C=O) groups excluding carboxylic acids is 1. The van der Waals surface area contributed by atoms with E-state index >= 15 is 0 Å². The van der Waals surface area contributed by atoms with Crippen LogP contribution in [-0.2, 0) is 21.0 Å². The van der Waals surface area contributed by atoms with Crippen molar-refractivity contribution >= 4 is 33.2 Å². The maximum Gasteiger partial charge on any atom is 0.417 e. The lowest BCUT2D eigenvalue weighted by molar-refractivity contribution is -0.137. The molecule has 0 spiro atoms. The predicted octanol–water partition coefficient (Wildman–Crippen LogP) is 4.72. The summed E-state index contributed by atoms with van der Waals surface area (Å²) in [5.41, 5.74) is 1.85. The molecule has 32 heavy (non-hydrogen) atoms. The first-order chi connectivity index (χ1) is 14.8. The van der Waals surface area contributed by atoms with Gasteiger partial charge in [-0.2, -0.15) is 17.5 Å². The number of sulfonamides is 1. The molecule has 1 aliphatic rings. The molecule has 1 saturated heterocycles. The molecule has 1 amide bonds. The third kappa shape index (κ3) is 5.07. The van der Waals surface area contributed by atoms with Crippen LogP contribution in [0.15, 0.2) is 29.2 Å². The van der Waals surface area contributed by atoms with Crippen molar-refractivity contribution in [2.75, 3.05) is 18.4 Å². The minimum Gasteiger partial charge on any atom is -0.324 e. The maximum atomic E-state index is 13.1. The summed E-state index contributed by atoms with van der Waals surface area (Å²) in [6.07, 6.45) is -4.26. The molecule has 1 N–H and O–H groups in total. The van der Waals surface area contributed by atoms with Gasteiger partial charge in [-0.1, -0.05) is 11.6 Å². The van der Waals surface area contributed by atoms with Gasteiger partial charge in [-0.25, -0.2) is 8.42 Å². The molecule has 0 atom stereocenters. The number of hydrogen-bond acceptors (Lipinski definition) is 4. The van der Waals surface area contributed by atoms with Gasteiger partial charge in [0.1, 0.15) is 0 Å². The van der Waals surface area contributed by atoms with Gasteiger partial charge in [0.15, 0.2) is 0 Å². The Balaban J connectivity index is 1.71. The van der Waals surface area contributed by atoms with E-state index in [2.05, 4.69) is 10.3 Å². The van der Waals surface area contributed by atoms with E-state index in [9.17, 15) is 26.4 Å². The fourth-order valence-electron chi connectivity index (χ4n) is 3.83. The van der Waals surface area contributed by atoms with Crippen LogP contribution in [0.25, 0.3) is 0 Å². The van der Waals surface area contributed by atoms with Crippen molar-refractivity contribution in [1.29, 1.82) is 0 Å². The van der Waals surface area contributed by atoms with E-state index in [1.807, 2.05) is 19.9 Å². The fraction of sp³-hybridized carbons (Fsp3) is 0.429. The van der Waals surface area contributed by atoms with Crippen LogP contribution in [-0.4, -0.2) is 36.7 Å². The van der Waals surface area contributed by atoms with Gasteiger partial charge < -0.3 is 5.32 Å². The van der Waals surface area contributed by atoms with Crippen LogP contribution in [0.4, 0.5) is 18.9 Å². The highest BCUT2D eigenvalue weighted by Gasteiger charge is 2.37. The molecule has 6 nitrogen and oxygen atoms in total. The molecule has 2 aromatic rings. The van der Waals surface area contributed by atoms with Crippen LogP contribution < -0.4 is 5.32 Å². The predicted molar refractivity (Wildman–Crippen MR) is 115 cm³/mol. The van der Waals surface area contributed by atoms with Crippen LogP contribution in [0, 0.1) is 26.7 Å². The molecule has 1 aromatic heterocycles. The molecule has 11 heteroatoms. The van der Waals surface area contributed by atoms with Gasteiger partial charge in [0.2, 0.25) is 15.9 Å². The number of piperidine rings is 1. The van der Waals surface area contributed by atoms with Crippen molar-refractivity contribution in [2.45, 2.75) is 44.7 Å². The summed E-state index contributed by atoms with van der Waals surface area (Å²) in [5, 5.41) is 2.32. The molecule has 2 heterocycles. The zero-order valence-corrected chi connectivity index (χ0v) is 19.3. The quantitative estimate of drug-likeness (QED) is 0.674. The number of nitrogens with one attached hydrogen (secondary N) is 1. The van der Waals surface area contributed by atoms with Crippen molar-refractivity contribution in [3.63, 3.8) is 0 Å². The summed E-state index contributed by atoms with van der Waals surface area (Å²) in [7, 11) is -4.15. The van der Waals surface area contributed by atoms with Crippen molar-refractivity contribution in [3.8, 4) is 0 Å². The van der Waals surface area contributed by atoms with Gasteiger partial charge in [0.05, 0.1) is 26.9 Å². The zero-order valence-electron chi connectivity index (χ0n) is 17.8. The number of carbonyl (C=O) groups is 1. The summed E-state index contributed by atoms with van der Waals surface area (Å²) < 4.78 is 66.2. The highest BCUT2D eigenvalue weighted by Crippen LogP contribution is 2.37. The van der Waals surface area contributed by atoms with Gasteiger partial charge in [-0.05, 0) is 63.4 Å². The largest absolute Gasteiger partial charge is 0.417 e. The molecule has 0 bridgehead atoms. The summed E-state index contributed by atoms with van der Waals surface area (Å²) in [6, 6.07) is 4.39. The van der Waals surface area contributed by atoms with E-state index in [1.165, 1.54) is 0 Å². The highest BCUT2D eigenvalue weighted by atomic mass is 35.5. The zero-order chi connectivity index (χ0) is 23.8. The van der Waals surface area contributed by atoms with Crippen molar-refractivity contribution in [1.82, 2.24) is 9.29 Å². The molecule has 0 saturated carbocycles. The van der Waals surface area contributed by atoms with Crippen LogP contribution in [0.1, 0.15) is 35.4 Å². The second-order valence-electron chi connectivity index (χ2n) is 7.85. The Hall–Kier alpha value is -2.17. The minimum atomic E-state index is -4.77. The number of halogens is 4. The summed E-state index contributed by atoms with van der Waals surface area (Å²) >= 11 is 5.59. The third-order valence-electron chi connectivity index (χ3n) is 5.48. The Labute approximate surface area is 189 Å². The SMILES string of the molecule is Cc1cc(C)c(NC(=O)C2CCN(S(=O)(=O)c3ccc(Cl)c(C(F)(F)F)c3)CC2)c(C)n1. The number of rotatable bonds is 4. The van der Waals surface area contributed by atoms with Crippen molar-refractivity contribution in [2.24, 2.45) is 5.92 Å². The number of amides is 1. The smallest absolute Gasteiger partial charge is 0.324 e. The Kier molecular flexibility index (Phi) is 6.88. The van der Waals surface area contributed by atoms with E-state index in [4.69, 9.17) is 11.6 Å². The number of hydrogen-bond donors (Lipinski definition) is 1. The number of aryl methyl sites for hydroxylation is 3.